The summed E-state index contributed by atoms with van der Waals surface area (Å²) in [5, 5.41) is 0. The molecule has 0 aromatic heterocycles. The van der Waals surface area contributed by atoms with Crippen molar-refractivity contribution >= 4 is 6.08 Å². The van der Waals surface area contributed by atoms with Crippen molar-refractivity contribution in [3.63, 3.8) is 0 Å². The number of hydrogen-bond donors (Lipinski definition) is 0. The van der Waals surface area contributed by atoms with E-state index in [0.29, 0.717) is 17.5 Å². The van der Waals surface area contributed by atoms with Crippen LogP contribution in [0.25, 0.3) is 6.08 Å². The highest BCUT2D eigenvalue weighted by molar-refractivity contribution is 5.60. The van der Waals surface area contributed by atoms with Crippen LogP contribution in [0.5, 0.6) is 0 Å². The average Bonchev–Trinajstić information content (AvgIpc) is 2.58. The Morgan fingerprint density at radius 3 is 2.35 bits per heavy atom. The number of fused-ring (bicyclic) bond motifs is 1. The Bertz CT molecular complexity index is 595. The summed E-state index contributed by atoms with van der Waals surface area (Å²) >= 11 is 0. The fraction of sp³-hybridized carbons (Fsp3) is 0.600. The van der Waals surface area contributed by atoms with Crippen molar-refractivity contribution in [3.8, 4) is 0 Å². The molecule has 0 heterocycles. The van der Waals surface area contributed by atoms with Crippen LogP contribution in [-0.4, -0.2) is 0 Å². The second-order valence-corrected chi connectivity index (χ2v) is 7.19. The highest BCUT2D eigenvalue weighted by Gasteiger charge is 2.23. The largest absolute Gasteiger partial charge is 0.204 e. The van der Waals surface area contributed by atoms with E-state index in [0.717, 1.165) is 30.7 Å². The lowest BCUT2D eigenvalue weighted by atomic mass is 9.78. The summed E-state index contributed by atoms with van der Waals surface area (Å²) in [4.78, 5) is 0. The maximum atomic E-state index is 13.8. The Morgan fingerprint density at radius 1 is 0.957 bits per heavy atom. The van der Waals surface area contributed by atoms with Crippen LogP contribution in [0.2, 0.25) is 0 Å². The van der Waals surface area contributed by atoms with Crippen LogP contribution in [-0.2, 0) is 6.42 Å². The van der Waals surface area contributed by atoms with Gasteiger partial charge < -0.3 is 0 Å². The van der Waals surface area contributed by atoms with Gasteiger partial charge in [0.1, 0.15) is 0 Å². The molecule has 0 saturated heterocycles. The molecular weight excluding hydrogens is 297 g/mol. The summed E-state index contributed by atoms with van der Waals surface area (Å²) in [6.45, 7) is 2.27. The van der Waals surface area contributed by atoms with Crippen LogP contribution < -0.4 is 0 Å². The molecule has 1 fully saturated rings. The van der Waals surface area contributed by atoms with Gasteiger partial charge in [0.25, 0.3) is 0 Å². The predicted octanol–water partition coefficient (Wildman–Crippen LogP) is 6.43. The van der Waals surface area contributed by atoms with Gasteiger partial charge in [-0.3, -0.25) is 0 Å². The summed E-state index contributed by atoms with van der Waals surface area (Å²) in [5.74, 6) is -1.73. The Labute approximate surface area is 136 Å². The van der Waals surface area contributed by atoms with E-state index < -0.39 is 17.5 Å². The van der Waals surface area contributed by atoms with Crippen LogP contribution in [0.4, 0.5) is 13.2 Å². The molecule has 0 N–H and O–H groups in total. The van der Waals surface area contributed by atoms with Gasteiger partial charge in [-0.05, 0) is 54.7 Å². The minimum atomic E-state index is -1.34. The third kappa shape index (κ3) is 3.64. The highest BCUT2D eigenvalue weighted by atomic mass is 19.2. The average molecular weight is 322 g/mol. The summed E-state index contributed by atoms with van der Waals surface area (Å²) < 4.78 is 40.5. The molecule has 0 unspecified atom stereocenters. The van der Waals surface area contributed by atoms with Crippen LogP contribution in [0, 0.1) is 29.3 Å². The molecule has 0 radical (unpaired) electrons. The Kier molecular flexibility index (Phi) is 5.13. The molecule has 1 aromatic carbocycles. The van der Waals surface area contributed by atoms with Crippen molar-refractivity contribution in [3.05, 3.63) is 40.2 Å². The van der Waals surface area contributed by atoms with Gasteiger partial charge in [-0.2, -0.15) is 0 Å². The summed E-state index contributed by atoms with van der Waals surface area (Å²) in [7, 11) is 0. The lowest BCUT2D eigenvalue weighted by Gasteiger charge is -2.28. The zero-order valence-electron chi connectivity index (χ0n) is 13.8. The topological polar surface area (TPSA) is 0 Å². The first kappa shape index (κ1) is 16.6. The molecule has 1 saturated carbocycles. The summed E-state index contributed by atoms with van der Waals surface area (Å²) in [6.07, 6.45) is 11.9. The second-order valence-electron chi connectivity index (χ2n) is 7.19. The zero-order chi connectivity index (χ0) is 16.4. The molecule has 0 spiro atoms. The Hall–Kier alpha value is -1.25. The van der Waals surface area contributed by atoms with Crippen LogP contribution >= 0.6 is 0 Å². The van der Waals surface area contributed by atoms with Crippen molar-refractivity contribution in [1.82, 2.24) is 0 Å². The standard InChI is InChI=1S/C20H25F3/c1-2-13-3-5-14(6-4-13)7-8-15-9-10-17-16(11-15)12-18(21)20(23)19(17)22/h11-14H,2-10H2,1H3. The summed E-state index contributed by atoms with van der Waals surface area (Å²) in [5.41, 5.74) is 2.11. The fourth-order valence-electron chi connectivity index (χ4n) is 4.13. The molecule has 1 aromatic rings. The van der Waals surface area contributed by atoms with E-state index in [2.05, 4.69) is 6.92 Å². The zero-order valence-corrected chi connectivity index (χ0v) is 13.8. The van der Waals surface area contributed by atoms with Gasteiger partial charge in [0, 0.05) is 0 Å². The SMILES string of the molecule is CCC1CCC(CCC2=Cc3cc(F)c(F)c(F)c3CC2)CC1. The summed E-state index contributed by atoms with van der Waals surface area (Å²) in [6, 6.07) is 1.14. The maximum absolute atomic E-state index is 13.8. The number of halogens is 3. The van der Waals surface area contributed by atoms with Gasteiger partial charge in [0.2, 0.25) is 0 Å². The molecule has 0 nitrogen and oxygen atoms in total. The lowest BCUT2D eigenvalue weighted by molar-refractivity contribution is 0.258. The van der Waals surface area contributed by atoms with E-state index in [9.17, 15) is 13.2 Å². The molecule has 23 heavy (non-hydrogen) atoms. The first-order valence-corrected chi connectivity index (χ1v) is 8.94. The molecular formula is C20H25F3. The van der Waals surface area contributed by atoms with Crippen LogP contribution in [0.1, 0.15) is 69.4 Å². The quantitative estimate of drug-likeness (QED) is 0.560. The van der Waals surface area contributed by atoms with Crippen molar-refractivity contribution in [1.29, 1.82) is 0 Å². The van der Waals surface area contributed by atoms with Gasteiger partial charge in [-0.15, -0.1) is 0 Å². The Balaban J connectivity index is 1.62. The third-order valence-electron chi connectivity index (χ3n) is 5.77. The molecule has 0 bridgehead atoms. The number of rotatable bonds is 4. The van der Waals surface area contributed by atoms with E-state index in [-0.39, 0.29) is 0 Å². The van der Waals surface area contributed by atoms with E-state index in [1.54, 1.807) is 0 Å². The van der Waals surface area contributed by atoms with Gasteiger partial charge in [0.15, 0.2) is 17.5 Å². The third-order valence-corrected chi connectivity index (χ3v) is 5.77. The van der Waals surface area contributed by atoms with E-state index in [1.165, 1.54) is 44.1 Å². The van der Waals surface area contributed by atoms with E-state index >= 15 is 0 Å². The highest BCUT2D eigenvalue weighted by Crippen LogP contribution is 2.36. The van der Waals surface area contributed by atoms with Gasteiger partial charge >= 0.3 is 0 Å². The fourth-order valence-corrected chi connectivity index (χ4v) is 4.13. The van der Waals surface area contributed by atoms with E-state index in [1.807, 2.05) is 6.08 Å². The minimum Gasteiger partial charge on any atom is -0.204 e. The van der Waals surface area contributed by atoms with Crippen LogP contribution in [0.3, 0.4) is 0 Å². The Morgan fingerprint density at radius 2 is 1.65 bits per heavy atom. The first-order valence-electron chi connectivity index (χ1n) is 8.94. The van der Waals surface area contributed by atoms with Crippen molar-refractivity contribution in [2.24, 2.45) is 11.8 Å². The lowest BCUT2D eigenvalue weighted by Crippen LogP contribution is -2.14. The number of hydrogen-bond acceptors (Lipinski definition) is 0. The second kappa shape index (κ2) is 7.11. The molecule has 3 rings (SSSR count). The van der Waals surface area contributed by atoms with E-state index in [4.69, 9.17) is 0 Å². The molecule has 126 valence electrons. The van der Waals surface area contributed by atoms with Crippen molar-refractivity contribution < 1.29 is 13.2 Å². The number of benzene rings is 1. The maximum Gasteiger partial charge on any atom is 0.194 e. The van der Waals surface area contributed by atoms with Crippen molar-refractivity contribution in [2.45, 2.75) is 64.7 Å². The molecule has 3 heteroatoms. The normalized spacial score (nSPS) is 24.3. The molecule has 2 aliphatic rings. The first-order chi connectivity index (χ1) is 11.1. The van der Waals surface area contributed by atoms with Gasteiger partial charge in [-0.25, -0.2) is 13.2 Å². The molecule has 0 amide bonds. The predicted molar refractivity (Wildman–Crippen MR) is 87.6 cm³/mol. The van der Waals surface area contributed by atoms with Gasteiger partial charge in [0.05, 0.1) is 0 Å². The molecule has 0 aliphatic heterocycles. The number of allylic oxidation sites excluding steroid dienone is 1. The van der Waals surface area contributed by atoms with Gasteiger partial charge in [-0.1, -0.05) is 50.7 Å². The molecule has 0 atom stereocenters. The van der Waals surface area contributed by atoms with Crippen molar-refractivity contribution in [2.75, 3.05) is 0 Å². The smallest absolute Gasteiger partial charge is 0.194 e. The van der Waals surface area contributed by atoms with Crippen LogP contribution in [0.15, 0.2) is 11.6 Å². The monoisotopic (exact) mass is 322 g/mol. The minimum absolute atomic E-state index is 0.330. The molecule has 2 aliphatic carbocycles.